The van der Waals surface area contributed by atoms with Gasteiger partial charge >= 0.3 is 6.55 Å². The highest BCUT2D eigenvalue weighted by atomic mass is 32.2. The van der Waals surface area contributed by atoms with Gasteiger partial charge in [0.15, 0.2) is 11.5 Å². The first-order valence-electron chi connectivity index (χ1n) is 8.29. The van der Waals surface area contributed by atoms with Gasteiger partial charge in [-0.2, -0.15) is 8.78 Å². The normalized spacial score (nSPS) is 13.0. The van der Waals surface area contributed by atoms with Crippen LogP contribution in [0.4, 0.5) is 8.78 Å². The van der Waals surface area contributed by atoms with Crippen LogP contribution < -0.4 is 9.47 Å². The summed E-state index contributed by atoms with van der Waals surface area (Å²) in [5.41, 5.74) is 1.59. The Labute approximate surface area is 161 Å². The van der Waals surface area contributed by atoms with Gasteiger partial charge in [-0.1, -0.05) is 23.9 Å². The number of rotatable bonds is 5. The summed E-state index contributed by atoms with van der Waals surface area (Å²) in [5, 5.41) is 8.26. The molecular formula is C18H12F2N4O3S. The SMILES string of the molecule is FC(F)n1c(CSc2nnc(-c3ccc4c(c3)OCO4)o2)nc2ccccc21. The molecule has 0 amide bonds. The lowest BCUT2D eigenvalue weighted by Gasteiger charge is -2.06. The molecule has 0 unspecified atom stereocenters. The van der Waals surface area contributed by atoms with Crippen LogP contribution in [0.15, 0.2) is 52.1 Å². The van der Waals surface area contributed by atoms with Crippen LogP contribution in [0.3, 0.4) is 0 Å². The fourth-order valence-electron chi connectivity index (χ4n) is 2.95. The van der Waals surface area contributed by atoms with Crippen LogP contribution in [0.25, 0.3) is 22.5 Å². The van der Waals surface area contributed by atoms with Gasteiger partial charge in [0.05, 0.1) is 16.8 Å². The number of halogens is 2. The first-order chi connectivity index (χ1) is 13.7. The van der Waals surface area contributed by atoms with Gasteiger partial charge in [0.25, 0.3) is 5.22 Å². The van der Waals surface area contributed by atoms with Gasteiger partial charge in [0.2, 0.25) is 12.7 Å². The molecule has 0 radical (unpaired) electrons. The Morgan fingerprint density at radius 2 is 1.93 bits per heavy atom. The van der Waals surface area contributed by atoms with Gasteiger partial charge in [-0.05, 0) is 30.3 Å². The van der Waals surface area contributed by atoms with Crippen molar-refractivity contribution in [2.75, 3.05) is 6.79 Å². The molecule has 28 heavy (non-hydrogen) atoms. The van der Waals surface area contributed by atoms with Crippen LogP contribution in [0, 0.1) is 0 Å². The standard InChI is InChI=1S/C18H12F2N4O3S/c19-17(20)24-12-4-2-1-3-11(12)21-15(24)8-28-18-23-22-16(27-18)10-5-6-13-14(7-10)26-9-25-13/h1-7,17H,8-9H2. The predicted molar refractivity (Wildman–Crippen MR) is 96.4 cm³/mol. The molecule has 3 heterocycles. The van der Waals surface area contributed by atoms with E-state index in [4.69, 9.17) is 13.9 Å². The van der Waals surface area contributed by atoms with E-state index in [-0.39, 0.29) is 23.6 Å². The van der Waals surface area contributed by atoms with E-state index in [9.17, 15) is 8.78 Å². The Kier molecular flexibility index (Phi) is 4.12. The third kappa shape index (κ3) is 2.95. The van der Waals surface area contributed by atoms with Crippen molar-refractivity contribution < 1.29 is 22.7 Å². The molecule has 0 fully saturated rings. The van der Waals surface area contributed by atoms with E-state index < -0.39 is 6.55 Å². The molecule has 142 valence electrons. The number of fused-ring (bicyclic) bond motifs is 2. The zero-order chi connectivity index (χ0) is 19.1. The number of alkyl halides is 2. The summed E-state index contributed by atoms with van der Waals surface area (Å²) in [6, 6.07) is 12.1. The summed E-state index contributed by atoms with van der Waals surface area (Å²) < 4.78 is 44.2. The van der Waals surface area contributed by atoms with Crippen molar-refractivity contribution in [1.82, 2.24) is 19.7 Å². The van der Waals surface area contributed by atoms with Crippen LogP contribution in [0.5, 0.6) is 11.5 Å². The number of hydrogen-bond donors (Lipinski definition) is 0. The number of nitrogens with zero attached hydrogens (tertiary/aromatic N) is 4. The second kappa shape index (κ2) is 6.79. The first kappa shape index (κ1) is 17.0. The molecule has 2 aromatic carbocycles. The Balaban J connectivity index is 1.37. The maximum atomic E-state index is 13.5. The minimum absolute atomic E-state index is 0.168. The van der Waals surface area contributed by atoms with E-state index in [0.29, 0.717) is 34.0 Å². The molecule has 1 aliphatic rings. The Bertz CT molecular complexity index is 1160. The van der Waals surface area contributed by atoms with Crippen LogP contribution >= 0.6 is 11.8 Å². The Morgan fingerprint density at radius 1 is 1.07 bits per heavy atom. The lowest BCUT2D eigenvalue weighted by atomic mass is 10.2. The van der Waals surface area contributed by atoms with Crippen molar-refractivity contribution in [1.29, 1.82) is 0 Å². The van der Waals surface area contributed by atoms with Gasteiger partial charge in [0.1, 0.15) is 5.82 Å². The van der Waals surface area contributed by atoms with Crippen molar-refractivity contribution in [3.63, 3.8) is 0 Å². The van der Waals surface area contributed by atoms with Crippen molar-refractivity contribution in [2.24, 2.45) is 0 Å². The van der Waals surface area contributed by atoms with E-state index in [1.807, 2.05) is 0 Å². The van der Waals surface area contributed by atoms with Gasteiger partial charge in [0, 0.05) is 5.56 Å². The molecule has 7 nitrogen and oxygen atoms in total. The van der Waals surface area contributed by atoms with E-state index in [2.05, 4.69) is 15.2 Å². The quantitative estimate of drug-likeness (QED) is 0.455. The topological polar surface area (TPSA) is 75.2 Å². The minimum Gasteiger partial charge on any atom is -0.454 e. The number of hydrogen-bond acceptors (Lipinski definition) is 7. The van der Waals surface area contributed by atoms with E-state index in [0.717, 1.165) is 16.3 Å². The molecule has 0 saturated carbocycles. The second-order valence-electron chi connectivity index (χ2n) is 5.89. The molecule has 2 aromatic heterocycles. The average Bonchev–Trinajstić information content (AvgIpc) is 3.42. The zero-order valence-electron chi connectivity index (χ0n) is 14.2. The zero-order valence-corrected chi connectivity index (χ0v) is 15.0. The predicted octanol–water partition coefficient (Wildman–Crippen LogP) is 4.50. The van der Waals surface area contributed by atoms with Crippen molar-refractivity contribution in [3.05, 3.63) is 48.3 Å². The second-order valence-corrected chi connectivity index (χ2v) is 6.82. The van der Waals surface area contributed by atoms with Gasteiger partial charge < -0.3 is 13.9 Å². The minimum atomic E-state index is -2.69. The molecule has 0 bridgehead atoms. The molecule has 0 saturated heterocycles. The first-order valence-corrected chi connectivity index (χ1v) is 9.28. The van der Waals surface area contributed by atoms with E-state index >= 15 is 0 Å². The number of aromatic nitrogens is 4. The molecule has 0 spiro atoms. The van der Waals surface area contributed by atoms with Crippen molar-refractivity contribution in [3.8, 4) is 23.0 Å². The van der Waals surface area contributed by atoms with Crippen molar-refractivity contribution >= 4 is 22.8 Å². The van der Waals surface area contributed by atoms with Crippen LogP contribution in [0.1, 0.15) is 12.4 Å². The number of imidazole rings is 1. The molecule has 4 aromatic rings. The lowest BCUT2D eigenvalue weighted by Crippen LogP contribution is -2.03. The monoisotopic (exact) mass is 402 g/mol. The number of benzene rings is 2. The highest BCUT2D eigenvalue weighted by Gasteiger charge is 2.20. The molecule has 0 N–H and O–H groups in total. The highest BCUT2D eigenvalue weighted by molar-refractivity contribution is 7.98. The van der Waals surface area contributed by atoms with E-state index in [1.54, 1.807) is 42.5 Å². The highest BCUT2D eigenvalue weighted by Crippen LogP contribution is 2.36. The average molecular weight is 402 g/mol. The number of thioether (sulfide) groups is 1. The molecular weight excluding hydrogens is 390 g/mol. The van der Waals surface area contributed by atoms with Gasteiger partial charge in [-0.3, -0.25) is 4.57 Å². The van der Waals surface area contributed by atoms with Gasteiger partial charge in [-0.15, -0.1) is 10.2 Å². The summed E-state index contributed by atoms with van der Waals surface area (Å²) in [6.45, 7) is -2.51. The molecule has 0 atom stereocenters. The fraction of sp³-hybridized carbons (Fsp3) is 0.167. The molecule has 10 heteroatoms. The summed E-state index contributed by atoms with van der Waals surface area (Å²) in [7, 11) is 0. The van der Waals surface area contributed by atoms with Crippen LogP contribution in [0.2, 0.25) is 0 Å². The smallest absolute Gasteiger partial charge is 0.320 e. The Morgan fingerprint density at radius 3 is 2.82 bits per heavy atom. The number of ether oxygens (including phenoxy) is 2. The van der Waals surface area contributed by atoms with Gasteiger partial charge in [-0.25, -0.2) is 4.98 Å². The maximum absolute atomic E-state index is 13.5. The summed E-state index contributed by atoms with van der Waals surface area (Å²) in [6.07, 6.45) is 0. The largest absolute Gasteiger partial charge is 0.454 e. The maximum Gasteiger partial charge on any atom is 0.320 e. The summed E-state index contributed by atoms with van der Waals surface area (Å²) >= 11 is 1.15. The third-order valence-electron chi connectivity index (χ3n) is 4.21. The van der Waals surface area contributed by atoms with E-state index in [1.165, 1.54) is 0 Å². The summed E-state index contributed by atoms with van der Waals surface area (Å²) in [5.74, 6) is 1.98. The molecule has 5 rings (SSSR count). The lowest BCUT2D eigenvalue weighted by molar-refractivity contribution is 0.0722. The number of para-hydroxylation sites is 2. The van der Waals surface area contributed by atoms with Crippen molar-refractivity contribution in [2.45, 2.75) is 17.5 Å². The van der Waals surface area contributed by atoms with Crippen LogP contribution in [-0.4, -0.2) is 26.5 Å². The molecule has 0 aliphatic carbocycles. The fourth-order valence-corrected chi connectivity index (χ4v) is 3.65. The Hall–Kier alpha value is -3.14. The molecule has 1 aliphatic heterocycles. The summed E-state index contributed by atoms with van der Waals surface area (Å²) in [4.78, 5) is 4.30. The van der Waals surface area contributed by atoms with Crippen LogP contribution in [-0.2, 0) is 5.75 Å². The third-order valence-corrected chi connectivity index (χ3v) is 5.03.